The van der Waals surface area contributed by atoms with Crippen LogP contribution in [0.3, 0.4) is 0 Å². The molecular formula is C25H26N4O4S. The Labute approximate surface area is 201 Å². The van der Waals surface area contributed by atoms with E-state index in [1.54, 1.807) is 43.3 Å². The van der Waals surface area contributed by atoms with E-state index in [1.807, 2.05) is 18.2 Å². The van der Waals surface area contributed by atoms with Crippen molar-refractivity contribution in [2.24, 2.45) is 0 Å². The number of benzene rings is 2. The molecule has 0 unspecified atom stereocenters. The molecule has 0 aliphatic rings. The van der Waals surface area contributed by atoms with Crippen molar-refractivity contribution in [1.29, 1.82) is 0 Å². The van der Waals surface area contributed by atoms with Crippen molar-refractivity contribution in [2.45, 2.75) is 45.8 Å². The van der Waals surface area contributed by atoms with Gasteiger partial charge in [-0.05, 0) is 37.6 Å². The maximum Gasteiger partial charge on any atom is 0.275 e. The van der Waals surface area contributed by atoms with Crippen LogP contribution in [0.5, 0.6) is 11.5 Å². The molecule has 1 N–H and O–H groups in total. The Morgan fingerprint density at radius 1 is 1.12 bits per heavy atom. The van der Waals surface area contributed by atoms with Gasteiger partial charge < -0.3 is 14.8 Å². The lowest BCUT2D eigenvalue weighted by Gasteiger charge is -2.15. The number of nitrogens with zero attached hydrogens (tertiary/aromatic N) is 3. The van der Waals surface area contributed by atoms with Crippen LogP contribution in [0.25, 0.3) is 4.96 Å². The van der Waals surface area contributed by atoms with E-state index >= 15 is 0 Å². The van der Waals surface area contributed by atoms with Crippen LogP contribution in [0, 0.1) is 0 Å². The van der Waals surface area contributed by atoms with Gasteiger partial charge in [0.2, 0.25) is 4.96 Å². The molecule has 1 atom stereocenters. The fraction of sp³-hybridized carbons (Fsp3) is 0.280. The molecule has 4 aromatic rings. The number of anilines is 1. The third-order valence-corrected chi connectivity index (χ3v) is 5.97. The highest BCUT2D eigenvalue weighted by Gasteiger charge is 2.15. The molecule has 0 saturated heterocycles. The minimum absolute atomic E-state index is 0.124. The molecule has 9 heteroatoms. The van der Waals surface area contributed by atoms with Crippen molar-refractivity contribution in [3.8, 4) is 11.5 Å². The van der Waals surface area contributed by atoms with E-state index in [2.05, 4.69) is 22.3 Å². The van der Waals surface area contributed by atoms with Gasteiger partial charge in [-0.1, -0.05) is 48.9 Å². The molecule has 0 radical (unpaired) electrons. The number of nitrogens with one attached hydrogen (secondary N) is 1. The summed E-state index contributed by atoms with van der Waals surface area (Å²) in [6, 6.07) is 17.7. The SMILES string of the molecule is CCCCc1nn2c(=O)cc(COc3cccc(NC(=O)[C@@H](C)Oc4ccccc4)c3)nc2s1. The molecule has 0 saturated carbocycles. The van der Waals surface area contributed by atoms with Crippen molar-refractivity contribution in [1.82, 2.24) is 14.6 Å². The van der Waals surface area contributed by atoms with Gasteiger partial charge in [0.05, 0.1) is 5.69 Å². The first-order valence-electron chi connectivity index (χ1n) is 11.2. The average molecular weight is 479 g/mol. The van der Waals surface area contributed by atoms with Crippen LogP contribution in [0.1, 0.15) is 37.4 Å². The van der Waals surface area contributed by atoms with Gasteiger partial charge in [0.25, 0.3) is 11.5 Å². The van der Waals surface area contributed by atoms with E-state index in [0.29, 0.717) is 27.8 Å². The van der Waals surface area contributed by atoms with Crippen LogP contribution >= 0.6 is 11.3 Å². The summed E-state index contributed by atoms with van der Waals surface area (Å²) in [6.45, 7) is 3.93. The number of hydrogen-bond donors (Lipinski definition) is 1. The highest BCUT2D eigenvalue weighted by Crippen LogP contribution is 2.20. The van der Waals surface area contributed by atoms with Crippen LogP contribution in [-0.4, -0.2) is 26.6 Å². The number of fused-ring (bicyclic) bond motifs is 1. The van der Waals surface area contributed by atoms with Gasteiger partial charge >= 0.3 is 0 Å². The van der Waals surface area contributed by atoms with Crippen LogP contribution in [0.2, 0.25) is 0 Å². The Morgan fingerprint density at radius 3 is 2.71 bits per heavy atom. The predicted octanol–water partition coefficient (Wildman–Crippen LogP) is 4.48. The number of rotatable bonds is 10. The van der Waals surface area contributed by atoms with Crippen LogP contribution < -0.4 is 20.3 Å². The van der Waals surface area contributed by atoms with Crippen molar-refractivity contribution in [3.05, 3.63) is 81.7 Å². The molecule has 2 heterocycles. The number of unbranched alkanes of at least 4 members (excludes halogenated alkanes) is 1. The Bertz CT molecular complexity index is 1320. The zero-order chi connectivity index (χ0) is 23.9. The molecule has 0 fully saturated rings. The number of amides is 1. The lowest BCUT2D eigenvalue weighted by atomic mass is 10.2. The minimum Gasteiger partial charge on any atom is -0.487 e. The van der Waals surface area contributed by atoms with Gasteiger partial charge in [0.1, 0.15) is 23.1 Å². The first-order valence-corrected chi connectivity index (χ1v) is 12.0. The molecule has 2 aromatic heterocycles. The molecule has 176 valence electrons. The summed E-state index contributed by atoms with van der Waals surface area (Å²) in [6.07, 6.45) is 2.26. The molecule has 0 aliphatic heterocycles. The molecule has 1 amide bonds. The normalized spacial score (nSPS) is 11.8. The summed E-state index contributed by atoms with van der Waals surface area (Å²) in [7, 11) is 0. The summed E-state index contributed by atoms with van der Waals surface area (Å²) < 4.78 is 12.8. The van der Waals surface area contributed by atoms with E-state index in [4.69, 9.17) is 9.47 Å². The predicted molar refractivity (Wildman–Crippen MR) is 132 cm³/mol. The molecule has 8 nitrogen and oxygen atoms in total. The van der Waals surface area contributed by atoms with E-state index in [9.17, 15) is 9.59 Å². The Morgan fingerprint density at radius 2 is 1.91 bits per heavy atom. The zero-order valence-electron chi connectivity index (χ0n) is 19.1. The minimum atomic E-state index is -0.669. The molecule has 4 rings (SSSR count). The van der Waals surface area contributed by atoms with E-state index < -0.39 is 6.10 Å². The number of hydrogen-bond acceptors (Lipinski definition) is 7. The van der Waals surface area contributed by atoms with Crippen molar-refractivity contribution >= 4 is 27.9 Å². The van der Waals surface area contributed by atoms with Gasteiger partial charge in [-0.2, -0.15) is 9.61 Å². The molecule has 0 aliphatic carbocycles. The van der Waals surface area contributed by atoms with Gasteiger partial charge in [0.15, 0.2) is 6.10 Å². The highest BCUT2D eigenvalue weighted by molar-refractivity contribution is 7.16. The number of carbonyl (C=O) groups excluding carboxylic acids is 1. The summed E-state index contributed by atoms with van der Waals surface area (Å²) >= 11 is 1.43. The third-order valence-electron chi connectivity index (χ3n) is 5.00. The fourth-order valence-corrected chi connectivity index (χ4v) is 4.18. The quantitative estimate of drug-likeness (QED) is 0.361. The summed E-state index contributed by atoms with van der Waals surface area (Å²) in [5, 5.41) is 8.09. The second-order valence-electron chi connectivity index (χ2n) is 7.76. The fourth-order valence-electron chi connectivity index (χ4n) is 3.22. The summed E-state index contributed by atoms with van der Waals surface area (Å²) in [5.74, 6) is 0.899. The smallest absolute Gasteiger partial charge is 0.275 e. The van der Waals surface area contributed by atoms with Crippen molar-refractivity contribution < 1.29 is 14.3 Å². The third kappa shape index (κ3) is 5.99. The monoisotopic (exact) mass is 478 g/mol. The second-order valence-corrected chi connectivity index (χ2v) is 8.80. The maximum atomic E-state index is 12.5. The van der Waals surface area contributed by atoms with E-state index in [0.717, 1.165) is 24.3 Å². The molecule has 34 heavy (non-hydrogen) atoms. The van der Waals surface area contributed by atoms with Gasteiger partial charge in [0, 0.05) is 24.2 Å². The lowest BCUT2D eigenvalue weighted by Crippen LogP contribution is -2.30. The van der Waals surface area contributed by atoms with Crippen LogP contribution in [0.15, 0.2) is 65.5 Å². The molecular weight excluding hydrogens is 452 g/mol. The number of aryl methyl sites for hydroxylation is 1. The first-order chi connectivity index (χ1) is 16.5. The number of ether oxygens (including phenoxy) is 2. The lowest BCUT2D eigenvalue weighted by molar-refractivity contribution is -0.122. The first kappa shape index (κ1) is 23.4. The van der Waals surface area contributed by atoms with Crippen LogP contribution in [-0.2, 0) is 17.8 Å². The largest absolute Gasteiger partial charge is 0.487 e. The number of carbonyl (C=O) groups is 1. The number of aromatic nitrogens is 3. The van der Waals surface area contributed by atoms with Crippen molar-refractivity contribution in [2.75, 3.05) is 5.32 Å². The number of para-hydroxylation sites is 1. The summed E-state index contributed by atoms with van der Waals surface area (Å²) in [5.41, 5.74) is 0.878. The van der Waals surface area contributed by atoms with E-state index in [1.165, 1.54) is 21.9 Å². The van der Waals surface area contributed by atoms with E-state index in [-0.39, 0.29) is 18.1 Å². The maximum absolute atomic E-state index is 12.5. The molecule has 0 bridgehead atoms. The molecule has 2 aromatic carbocycles. The average Bonchev–Trinajstić information content (AvgIpc) is 3.26. The van der Waals surface area contributed by atoms with Gasteiger partial charge in [-0.3, -0.25) is 9.59 Å². The second kappa shape index (κ2) is 10.9. The van der Waals surface area contributed by atoms with Gasteiger partial charge in [-0.25, -0.2) is 4.98 Å². The van der Waals surface area contributed by atoms with Gasteiger partial charge in [-0.15, -0.1) is 0 Å². The zero-order valence-corrected chi connectivity index (χ0v) is 19.9. The van der Waals surface area contributed by atoms with Crippen LogP contribution in [0.4, 0.5) is 5.69 Å². The topological polar surface area (TPSA) is 94.8 Å². The Kier molecular flexibility index (Phi) is 7.54. The Hall–Kier alpha value is -3.72. The summed E-state index contributed by atoms with van der Waals surface area (Å²) in [4.78, 5) is 30.0. The standard InChI is InChI=1S/C25H26N4O4S/c1-3-4-13-22-28-29-23(30)15-19(27-25(29)34-22)16-32-21-12-8-9-18(14-21)26-24(31)17(2)33-20-10-6-5-7-11-20/h5-12,14-15,17H,3-4,13,16H2,1-2H3,(H,26,31)/t17-/m1/s1. The molecule has 0 spiro atoms. The van der Waals surface area contributed by atoms with Crippen molar-refractivity contribution in [3.63, 3.8) is 0 Å². The Balaban J connectivity index is 1.38. The highest BCUT2D eigenvalue weighted by atomic mass is 32.1.